The molecule has 2 rings (SSSR count). The Morgan fingerprint density at radius 1 is 1.35 bits per heavy atom. The van der Waals surface area contributed by atoms with Gasteiger partial charge in [0, 0.05) is 19.2 Å². The molecule has 2 aromatic rings. The molecule has 0 saturated carbocycles. The molecular weight excluding hydrogens is 220 g/mol. The predicted octanol–water partition coefficient (Wildman–Crippen LogP) is 1.68. The monoisotopic (exact) mass is 234 g/mol. The van der Waals surface area contributed by atoms with Gasteiger partial charge in [0.1, 0.15) is 6.26 Å². The minimum absolute atomic E-state index is 0.147. The fraction of sp³-hybridized carbons (Fsp3) is 0.250. The largest absolute Gasteiger partial charge is 0.504 e. The zero-order valence-electron chi connectivity index (χ0n) is 9.51. The molecule has 5 nitrogen and oxygen atoms in total. The SMILES string of the molecule is COc1ccc(CNCc2ccon2)cc1O. The van der Waals surface area contributed by atoms with E-state index in [1.165, 1.54) is 13.4 Å². The molecule has 0 radical (unpaired) electrons. The van der Waals surface area contributed by atoms with Gasteiger partial charge in [0.25, 0.3) is 0 Å². The van der Waals surface area contributed by atoms with Crippen molar-refractivity contribution in [3.63, 3.8) is 0 Å². The van der Waals surface area contributed by atoms with Crippen LogP contribution in [0, 0.1) is 0 Å². The average Bonchev–Trinajstić information content (AvgIpc) is 2.82. The smallest absolute Gasteiger partial charge is 0.160 e. The van der Waals surface area contributed by atoms with Crippen molar-refractivity contribution in [1.29, 1.82) is 0 Å². The molecule has 0 amide bonds. The molecule has 0 aliphatic heterocycles. The van der Waals surface area contributed by atoms with Crippen LogP contribution in [-0.2, 0) is 13.1 Å². The third-order valence-electron chi connectivity index (χ3n) is 2.37. The number of nitrogens with one attached hydrogen (secondary N) is 1. The molecule has 0 bridgehead atoms. The number of hydrogen-bond donors (Lipinski definition) is 2. The summed E-state index contributed by atoms with van der Waals surface area (Å²) in [4.78, 5) is 0. The molecule has 1 heterocycles. The van der Waals surface area contributed by atoms with Crippen LogP contribution in [-0.4, -0.2) is 17.4 Å². The van der Waals surface area contributed by atoms with Crippen LogP contribution in [0.3, 0.4) is 0 Å². The number of rotatable bonds is 5. The van der Waals surface area contributed by atoms with Crippen molar-refractivity contribution in [1.82, 2.24) is 10.5 Å². The van der Waals surface area contributed by atoms with Crippen molar-refractivity contribution < 1.29 is 14.4 Å². The Balaban J connectivity index is 1.89. The first-order valence-corrected chi connectivity index (χ1v) is 5.25. The minimum Gasteiger partial charge on any atom is -0.504 e. The zero-order valence-corrected chi connectivity index (χ0v) is 9.51. The standard InChI is InChI=1S/C12H14N2O3/c1-16-12-3-2-9(6-11(12)15)7-13-8-10-4-5-17-14-10/h2-6,13,15H,7-8H2,1H3. The number of phenolic OH excluding ortho intramolecular Hbond substituents is 1. The molecule has 0 spiro atoms. The number of aromatic hydroxyl groups is 1. The van der Waals surface area contributed by atoms with Crippen molar-refractivity contribution in [3.8, 4) is 11.5 Å². The molecule has 17 heavy (non-hydrogen) atoms. The topological polar surface area (TPSA) is 67.5 Å². The van der Waals surface area contributed by atoms with Crippen LogP contribution in [0.5, 0.6) is 11.5 Å². The van der Waals surface area contributed by atoms with Crippen LogP contribution in [0.15, 0.2) is 35.1 Å². The van der Waals surface area contributed by atoms with Gasteiger partial charge >= 0.3 is 0 Å². The third-order valence-corrected chi connectivity index (χ3v) is 2.37. The highest BCUT2D eigenvalue weighted by Crippen LogP contribution is 2.25. The summed E-state index contributed by atoms with van der Waals surface area (Å²) >= 11 is 0. The molecule has 0 atom stereocenters. The molecule has 0 aliphatic carbocycles. The highest BCUT2D eigenvalue weighted by molar-refractivity contribution is 5.41. The van der Waals surface area contributed by atoms with Gasteiger partial charge in [-0.2, -0.15) is 0 Å². The molecular formula is C12H14N2O3. The van der Waals surface area contributed by atoms with Crippen LogP contribution < -0.4 is 10.1 Å². The van der Waals surface area contributed by atoms with E-state index in [9.17, 15) is 5.11 Å². The lowest BCUT2D eigenvalue weighted by Gasteiger charge is -2.06. The molecule has 90 valence electrons. The minimum atomic E-state index is 0.147. The van der Waals surface area contributed by atoms with Gasteiger partial charge in [-0.25, -0.2) is 0 Å². The molecule has 1 aromatic heterocycles. The van der Waals surface area contributed by atoms with E-state index in [0.29, 0.717) is 18.8 Å². The number of methoxy groups -OCH3 is 1. The normalized spacial score (nSPS) is 10.4. The number of aromatic nitrogens is 1. The first kappa shape index (κ1) is 11.5. The Kier molecular flexibility index (Phi) is 3.62. The summed E-state index contributed by atoms with van der Waals surface area (Å²) in [6, 6.07) is 7.12. The first-order valence-electron chi connectivity index (χ1n) is 5.25. The first-order chi connectivity index (χ1) is 8.29. The van der Waals surface area contributed by atoms with Crippen LogP contribution in [0.25, 0.3) is 0 Å². The van der Waals surface area contributed by atoms with E-state index < -0.39 is 0 Å². The third kappa shape index (κ3) is 2.98. The molecule has 0 saturated heterocycles. The van der Waals surface area contributed by atoms with E-state index in [-0.39, 0.29) is 5.75 Å². The van der Waals surface area contributed by atoms with Gasteiger partial charge in [-0.15, -0.1) is 0 Å². The van der Waals surface area contributed by atoms with Gasteiger partial charge in [-0.05, 0) is 17.7 Å². The van der Waals surface area contributed by atoms with Gasteiger partial charge in [-0.1, -0.05) is 11.2 Å². The summed E-state index contributed by atoms with van der Waals surface area (Å²) in [5.41, 5.74) is 1.83. The maximum atomic E-state index is 9.59. The summed E-state index contributed by atoms with van der Waals surface area (Å²) < 4.78 is 9.69. The van der Waals surface area contributed by atoms with Gasteiger partial charge < -0.3 is 19.7 Å². The Hall–Kier alpha value is -2.01. The maximum Gasteiger partial charge on any atom is 0.160 e. The Morgan fingerprint density at radius 3 is 2.88 bits per heavy atom. The summed E-state index contributed by atoms with van der Waals surface area (Å²) in [5.74, 6) is 0.624. The van der Waals surface area contributed by atoms with E-state index in [1.54, 1.807) is 18.2 Å². The highest BCUT2D eigenvalue weighted by Gasteiger charge is 2.02. The molecule has 0 aliphatic rings. The predicted molar refractivity (Wildman–Crippen MR) is 61.7 cm³/mol. The second kappa shape index (κ2) is 5.36. The van der Waals surface area contributed by atoms with E-state index in [0.717, 1.165) is 11.3 Å². The van der Waals surface area contributed by atoms with Crippen LogP contribution in [0.1, 0.15) is 11.3 Å². The maximum absolute atomic E-state index is 9.59. The van der Waals surface area contributed by atoms with Gasteiger partial charge in [0.2, 0.25) is 0 Å². The van der Waals surface area contributed by atoms with Crippen LogP contribution in [0.2, 0.25) is 0 Å². The molecule has 2 N–H and O–H groups in total. The van der Waals surface area contributed by atoms with E-state index in [2.05, 4.69) is 10.5 Å². The van der Waals surface area contributed by atoms with Gasteiger partial charge in [0.15, 0.2) is 11.5 Å². The summed E-state index contributed by atoms with van der Waals surface area (Å²) in [5, 5.41) is 16.6. The van der Waals surface area contributed by atoms with Crippen molar-refractivity contribution in [3.05, 3.63) is 41.8 Å². The Labute approximate surface area is 99.0 Å². The fourth-order valence-corrected chi connectivity index (χ4v) is 1.51. The lowest BCUT2D eigenvalue weighted by molar-refractivity contribution is 0.373. The molecule has 0 unspecified atom stereocenters. The van der Waals surface area contributed by atoms with Crippen molar-refractivity contribution in [2.24, 2.45) is 0 Å². The molecule has 1 aromatic carbocycles. The second-order valence-corrected chi connectivity index (χ2v) is 3.60. The Morgan fingerprint density at radius 2 is 2.24 bits per heavy atom. The van der Waals surface area contributed by atoms with E-state index >= 15 is 0 Å². The number of hydrogen-bond acceptors (Lipinski definition) is 5. The van der Waals surface area contributed by atoms with Gasteiger partial charge in [0.05, 0.1) is 12.8 Å². The van der Waals surface area contributed by atoms with Crippen molar-refractivity contribution in [2.75, 3.05) is 7.11 Å². The Bertz CT molecular complexity index is 469. The number of phenols is 1. The zero-order chi connectivity index (χ0) is 12.1. The number of ether oxygens (including phenoxy) is 1. The van der Waals surface area contributed by atoms with Gasteiger partial charge in [-0.3, -0.25) is 0 Å². The number of nitrogens with zero attached hydrogens (tertiary/aromatic N) is 1. The quantitative estimate of drug-likeness (QED) is 0.823. The van der Waals surface area contributed by atoms with Crippen LogP contribution in [0.4, 0.5) is 0 Å². The lowest BCUT2D eigenvalue weighted by atomic mass is 10.2. The molecule has 0 fully saturated rings. The lowest BCUT2D eigenvalue weighted by Crippen LogP contribution is -2.12. The number of benzene rings is 1. The van der Waals surface area contributed by atoms with E-state index in [4.69, 9.17) is 9.26 Å². The van der Waals surface area contributed by atoms with Crippen molar-refractivity contribution in [2.45, 2.75) is 13.1 Å². The second-order valence-electron chi connectivity index (χ2n) is 3.60. The average molecular weight is 234 g/mol. The van der Waals surface area contributed by atoms with Crippen molar-refractivity contribution >= 4 is 0 Å². The summed E-state index contributed by atoms with van der Waals surface area (Å²) in [7, 11) is 1.53. The molecule has 5 heteroatoms. The van der Waals surface area contributed by atoms with E-state index in [1.807, 2.05) is 6.07 Å². The van der Waals surface area contributed by atoms with Crippen LogP contribution >= 0.6 is 0 Å². The summed E-state index contributed by atoms with van der Waals surface area (Å²) in [6.45, 7) is 1.27. The highest BCUT2D eigenvalue weighted by atomic mass is 16.5. The fourth-order valence-electron chi connectivity index (χ4n) is 1.51. The summed E-state index contributed by atoms with van der Waals surface area (Å²) in [6.07, 6.45) is 1.54.